The van der Waals surface area contributed by atoms with Crippen LogP contribution in [0, 0.1) is 29.1 Å². The number of hydrogen-bond donors (Lipinski definition) is 0. The summed E-state index contributed by atoms with van der Waals surface area (Å²) in [5, 5.41) is 0. The zero-order valence-corrected chi connectivity index (χ0v) is 15.6. The summed E-state index contributed by atoms with van der Waals surface area (Å²) in [5.41, 5.74) is -1.64. The zero-order valence-electron chi connectivity index (χ0n) is 15.6. The molecular weight excluding hydrogens is 429 g/mol. The van der Waals surface area contributed by atoms with Crippen LogP contribution >= 0.6 is 0 Å². The summed E-state index contributed by atoms with van der Waals surface area (Å²) in [6.45, 7) is 3.72. The molecular formula is C22H13F7O2. The van der Waals surface area contributed by atoms with Gasteiger partial charge < -0.3 is 9.47 Å². The van der Waals surface area contributed by atoms with Gasteiger partial charge in [0.05, 0.1) is 0 Å². The fourth-order valence-corrected chi connectivity index (χ4v) is 2.68. The van der Waals surface area contributed by atoms with E-state index in [-0.39, 0.29) is 29.9 Å². The van der Waals surface area contributed by atoms with Gasteiger partial charge >= 0.3 is 6.11 Å². The minimum absolute atomic E-state index is 0.158. The van der Waals surface area contributed by atoms with E-state index in [0.29, 0.717) is 11.8 Å². The molecule has 3 rings (SSSR count). The molecule has 0 atom stereocenters. The van der Waals surface area contributed by atoms with Crippen molar-refractivity contribution >= 4 is 0 Å². The van der Waals surface area contributed by atoms with E-state index >= 15 is 0 Å². The summed E-state index contributed by atoms with van der Waals surface area (Å²) < 4.78 is 106. The first-order valence-corrected chi connectivity index (χ1v) is 8.68. The van der Waals surface area contributed by atoms with Gasteiger partial charge in [-0.25, -0.2) is 22.0 Å². The lowest BCUT2D eigenvalue weighted by molar-refractivity contribution is -0.187. The lowest BCUT2D eigenvalue weighted by Gasteiger charge is -2.20. The highest BCUT2D eigenvalue weighted by molar-refractivity contribution is 5.65. The summed E-state index contributed by atoms with van der Waals surface area (Å²) in [6, 6.07) is 7.53. The van der Waals surface area contributed by atoms with Crippen LogP contribution in [0.5, 0.6) is 11.5 Å². The van der Waals surface area contributed by atoms with Crippen LogP contribution in [0.3, 0.4) is 0 Å². The number of halogens is 7. The van der Waals surface area contributed by atoms with Gasteiger partial charge in [-0.2, -0.15) is 8.78 Å². The van der Waals surface area contributed by atoms with Crippen molar-refractivity contribution in [3.63, 3.8) is 0 Å². The lowest BCUT2D eigenvalue weighted by Crippen LogP contribution is -2.24. The Balaban J connectivity index is 1.91. The van der Waals surface area contributed by atoms with E-state index in [4.69, 9.17) is 4.74 Å². The third-order valence-corrected chi connectivity index (χ3v) is 4.13. The summed E-state index contributed by atoms with van der Waals surface area (Å²) >= 11 is 0. The third kappa shape index (κ3) is 4.65. The van der Waals surface area contributed by atoms with E-state index in [1.54, 1.807) is 0 Å². The molecule has 9 heteroatoms. The number of ether oxygens (including phenoxy) is 2. The maximum atomic E-state index is 14.5. The first-order valence-electron chi connectivity index (χ1n) is 8.68. The molecule has 31 heavy (non-hydrogen) atoms. The maximum absolute atomic E-state index is 14.5. The Kier molecular flexibility index (Phi) is 6.24. The molecule has 0 aliphatic rings. The van der Waals surface area contributed by atoms with Gasteiger partial charge in [-0.3, -0.25) is 0 Å². The Hall–Kier alpha value is -3.49. The molecule has 0 fully saturated rings. The van der Waals surface area contributed by atoms with E-state index in [1.165, 1.54) is 30.3 Å². The van der Waals surface area contributed by atoms with Crippen molar-refractivity contribution in [1.29, 1.82) is 0 Å². The number of benzene rings is 3. The zero-order chi connectivity index (χ0) is 22.8. The summed E-state index contributed by atoms with van der Waals surface area (Å²) in [5.74, 6) is -9.64. The van der Waals surface area contributed by atoms with Crippen LogP contribution in [0.1, 0.15) is 5.56 Å². The molecule has 0 saturated carbocycles. The molecule has 0 aliphatic heterocycles. The van der Waals surface area contributed by atoms with Crippen molar-refractivity contribution in [1.82, 2.24) is 0 Å². The third-order valence-electron chi connectivity index (χ3n) is 4.13. The molecule has 0 heterocycles. The first kappa shape index (κ1) is 22.2. The molecule has 0 aliphatic carbocycles. The monoisotopic (exact) mass is 442 g/mol. The Morgan fingerprint density at radius 1 is 0.774 bits per heavy atom. The van der Waals surface area contributed by atoms with Gasteiger partial charge in [0.2, 0.25) is 0 Å². The quantitative estimate of drug-likeness (QED) is 0.229. The molecule has 2 nitrogen and oxygen atoms in total. The van der Waals surface area contributed by atoms with Crippen molar-refractivity contribution < 1.29 is 40.2 Å². The van der Waals surface area contributed by atoms with Crippen LogP contribution in [-0.4, -0.2) is 6.61 Å². The first-order chi connectivity index (χ1) is 14.6. The fourth-order valence-electron chi connectivity index (χ4n) is 2.68. The van der Waals surface area contributed by atoms with Gasteiger partial charge in [-0.1, -0.05) is 30.9 Å². The molecule has 0 radical (unpaired) electrons. The minimum atomic E-state index is -4.51. The number of alkyl halides is 2. The van der Waals surface area contributed by atoms with E-state index < -0.39 is 46.5 Å². The van der Waals surface area contributed by atoms with Gasteiger partial charge in [-0.15, -0.1) is 0 Å². The SMILES string of the molecule is C=CCOc1ccc(-c2ccc(C(F)(F)Oc3cc(F)c(F)c(F)c3)c(F)c2F)cc1. The second-order valence-corrected chi connectivity index (χ2v) is 6.23. The second-order valence-electron chi connectivity index (χ2n) is 6.23. The van der Waals surface area contributed by atoms with E-state index in [2.05, 4.69) is 11.3 Å². The minimum Gasteiger partial charge on any atom is -0.490 e. The van der Waals surface area contributed by atoms with E-state index in [1.807, 2.05) is 0 Å². The predicted octanol–water partition coefficient (Wildman–Crippen LogP) is 6.74. The molecule has 0 aromatic heterocycles. The van der Waals surface area contributed by atoms with E-state index in [9.17, 15) is 30.7 Å². The molecule has 0 unspecified atom stereocenters. The highest BCUT2D eigenvalue weighted by Crippen LogP contribution is 2.37. The van der Waals surface area contributed by atoms with E-state index in [0.717, 1.165) is 6.07 Å². The van der Waals surface area contributed by atoms with Crippen LogP contribution in [0.15, 0.2) is 61.2 Å². The van der Waals surface area contributed by atoms with Gasteiger partial charge in [0.25, 0.3) is 0 Å². The summed E-state index contributed by atoms with van der Waals surface area (Å²) in [4.78, 5) is 0. The highest BCUT2D eigenvalue weighted by Gasteiger charge is 2.39. The predicted molar refractivity (Wildman–Crippen MR) is 98.3 cm³/mol. The molecule has 0 spiro atoms. The van der Waals surface area contributed by atoms with Crippen LogP contribution in [-0.2, 0) is 6.11 Å². The van der Waals surface area contributed by atoms with Gasteiger partial charge in [0.15, 0.2) is 29.1 Å². The largest absolute Gasteiger partial charge is 0.490 e. The molecule has 0 amide bonds. The summed E-state index contributed by atoms with van der Waals surface area (Å²) in [6.07, 6.45) is -3.00. The fraction of sp³-hybridized carbons (Fsp3) is 0.0909. The van der Waals surface area contributed by atoms with Gasteiger partial charge in [-0.05, 0) is 23.8 Å². The van der Waals surface area contributed by atoms with Crippen molar-refractivity contribution in [2.24, 2.45) is 0 Å². The molecule has 0 saturated heterocycles. The van der Waals surface area contributed by atoms with Crippen molar-refractivity contribution in [2.75, 3.05) is 6.61 Å². The molecule has 3 aromatic carbocycles. The van der Waals surface area contributed by atoms with Crippen molar-refractivity contribution in [3.8, 4) is 22.6 Å². The normalized spacial score (nSPS) is 11.3. The Morgan fingerprint density at radius 2 is 1.39 bits per heavy atom. The molecule has 0 N–H and O–H groups in total. The summed E-state index contributed by atoms with van der Waals surface area (Å²) in [7, 11) is 0. The van der Waals surface area contributed by atoms with Crippen LogP contribution in [0.2, 0.25) is 0 Å². The maximum Gasteiger partial charge on any atom is 0.429 e. The van der Waals surface area contributed by atoms with Crippen LogP contribution in [0.4, 0.5) is 30.7 Å². The Bertz CT molecular complexity index is 1090. The Labute approximate surface area is 172 Å². The van der Waals surface area contributed by atoms with Gasteiger partial charge in [0, 0.05) is 17.7 Å². The highest BCUT2D eigenvalue weighted by atomic mass is 19.3. The lowest BCUT2D eigenvalue weighted by atomic mass is 10.0. The van der Waals surface area contributed by atoms with Crippen molar-refractivity contribution in [2.45, 2.75) is 6.11 Å². The smallest absolute Gasteiger partial charge is 0.429 e. The molecule has 3 aromatic rings. The van der Waals surface area contributed by atoms with Crippen LogP contribution < -0.4 is 9.47 Å². The van der Waals surface area contributed by atoms with Gasteiger partial charge in [0.1, 0.15) is 23.7 Å². The Morgan fingerprint density at radius 3 is 1.97 bits per heavy atom. The standard InChI is InChI=1S/C22H13F7O2/c1-2-9-30-13-5-3-12(4-6-13)15-7-8-16(20(26)19(15)25)22(28,29)31-14-10-17(23)21(27)18(24)11-14/h2-8,10-11H,1,9H2. The van der Waals surface area contributed by atoms with Crippen LogP contribution in [0.25, 0.3) is 11.1 Å². The average molecular weight is 442 g/mol. The number of rotatable bonds is 7. The molecule has 0 bridgehead atoms. The molecule has 162 valence electrons. The topological polar surface area (TPSA) is 18.5 Å². The number of hydrogen-bond acceptors (Lipinski definition) is 2. The average Bonchev–Trinajstić information content (AvgIpc) is 2.72. The van der Waals surface area contributed by atoms with Crippen molar-refractivity contribution in [3.05, 3.63) is 95.8 Å². The second kappa shape index (κ2) is 8.71.